The summed E-state index contributed by atoms with van der Waals surface area (Å²) in [7, 11) is -4.25. The molecule has 0 saturated heterocycles. The van der Waals surface area contributed by atoms with E-state index in [2.05, 4.69) is 5.32 Å². The van der Waals surface area contributed by atoms with Crippen molar-refractivity contribution in [3.63, 3.8) is 0 Å². The van der Waals surface area contributed by atoms with Crippen molar-refractivity contribution in [3.8, 4) is 0 Å². The van der Waals surface area contributed by atoms with E-state index >= 15 is 0 Å². The first-order chi connectivity index (χ1) is 19.3. The van der Waals surface area contributed by atoms with E-state index < -0.39 is 28.5 Å². The number of hydrogen-bond donors (Lipinski definition) is 1. The third-order valence-corrected chi connectivity index (χ3v) is 9.07. The van der Waals surface area contributed by atoms with Gasteiger partial charge in [0.2, 0.25) is 11.8 Å². The van der Waals surface area contributed by atoms with E-state index in [1.807, 2.05) is 13.8 Å². The Hall–Kier alpha value is -2.49. The molecule has 3 rings (SSSR count). The SMILES string of the molecule is CC[C@H](C(=O)NCC(C)C)N(Cc1ccc(Cl)cc1Cl)C(=O)CN(c1cccc(Cl)c1)S(=O)(=O)c1ccc(Cl)cc1. The van der Waals surface area contributed by atoms with E-state index in [-0.39, 0.29) is 40.4 Å². The number of benzene rings is 3. The largest absolute Gasteiger partial charge is 0.354 e. The molecule has 3 aromatic carbocycles. The minimum absolute atomic E-state index is 0.0488. The van der Waals surface area contributed by atoms with Gasteiger partial charge in [0.05, 0.1) is 10.6 Å². The molecule has 0 unspecified atom stereocenters. The fraction of sp³-hybridized carbons (Fsp3) is 0.310. The number of anilines is 1. The Bertz CT molecular complexity index is 1480. The summed E-state index contributed by atoms with van der Waals surface area (Å²) in [6.07, 6.45) is 0.280. The summed E-state index contributed by atoms with van der Waals surface area (Å²) < 4.78 is 28.7. The molecule has 12 heteroatoms. The highest BCUT2D eigenvalue weighted by Crippen LogP contribution is 2.28. The molecule has 0 bridgehead atoms. The van der Waals surface area contributed by atoms with Crippen LogP contribution in [0.25, 0.3) is 0 Å². The van der Waals surface area contributed by atoms with Gasteiger partial charge in [-0.1, -0.05) is 79.3 Å². The molecule has 0 aromatic heterocycles. The molecule has 0 heterocycles. The molecular weight excluding hydrogens is 628 g/mol. The van der Waals surface area contributed by atoms with Gasteiger partial charge in [-0.2, -0.15) is 0 Å². The molecule has 3 aromatic rings. The molecule has 2 amide bonds. The Morgan fingerprint density at radius 1 is 0.878 bits per heavy atom. The maximum atomic E-state index is 14.1. The van der Waals surface area contributed by atoms with Crippen molar-refractivity contribution in [2.75, 3.05) is 17.4 Å². The highest BCUT2D eigenvalue weighted by atomic mass is 35.5. The van der Waals surface area contributed by atoms with Gasteiger partial charge in [0.1, 0.15) is 12.6 Å². The lowest BCUT2D eigenvalue weighted by Gasteiger charge is -2.33. The van der Waals surface area contributed by atoms with Gasteiger partial charge in [-0.3, -0.25) is 13.9 Å². The Morgan fingerprint density at radius 2 is 1.51 bits per heavy atom. The fourth-order valence-corrected chi connectivity index (χ4v) is 6.25. The zero-order chi connectivity index (χ0) is 30.3. The number of carbonyl (C=O) groups is 2. The summed E-state index contributed by atoms with van der Waals surface area (Å²) in [5, 5.41) is 4.26. The number of amides is 2. The van der Waals surface area contributed by atoms with E-state index in [1.54, 1.807) is 43.3 Å². The van der Waals surface area contributed by atoms with Crippen molar-refractivity contribution < 1.29 is 18.0 Å². The van der Waals surface area contributed by atoms with Crippen LogP contribution in [0, 0.1) is 5.92 Å². The van der Waals surface area contributed by atoms with Crippen molar-refractivity contribution in [1.82, 2.24) is 10.2 Å². The minimum Gasteiger partial charge on any atom is -0.354 e. The molecule has 0 fully saturated rings. The standard InChI is InChI=1S/C29H31Cl4N3O4S/c1-4-27(29(38)34-16-19(2)3)35(17-20-8-9-23(32)15-26(20)33)28(37)18-36(24-7-5-6-22(31)14-24)41(39,40)25-12-10-21(30)11-13-25/h5-15,19,27H,4,16-18H2,1-3H3,(H,34,38)/t27-/m1/s1. The van der Waals surface area contributed by atoms with Crippen molar-refractivity contribution in [3.05, 3.63) is 92.4 Å². The predicted molar refractivity (Wildman–Crippen MR) is 166 cm³/mol. The summed E-state index contributed by atoms with van der Waals surface area (Å²) in [6, 6.07) is 15.8. The van der Waals surface area contributed by atoms with Crippen LogP contribution in [-0.4, -0.2) is 44.3 Å². The monoisotopic (exact) mass is 657 g/mol. The number of carbonyl (C=O) groups excluding carboxylic acids is 2. The third-order valence-electron chi connectivity index (χ3n) is 6.20. The average Bonchev–Trinajstić information content (AvgIpc) is 2.91. The molecule has 220 valence electrons. The van der Waals surface area contributed by atoms with Crippen LogP contribution in [0.2, 0.25) is 20.1 Å². The van der Waals surface area contributed by atoms with Crippen LogP contribution in [0.1, 0.15) is 32.8 Å². The Morgan fingerprint density at radius 3 is 2.10 bits per heavy atom. The molecule has 41 heavy (non-hydrogen) atoms. The van der Waals surface area contributed by atoms with E-state index in [0.29, 0.717) is 27.2 Å². The van der Waals surface area contributed by atoms with Crippen LogP contribution in [0.15, 0.2) is 71.6 Å². The second-order valence-electron chi connectivity index (χ2n) is 9.77. The van der Waals surface area contributed by atoms with Crippen molar-refractivity contribution in [2.24, 2.45) is 5.92 Å². The zero-order valence-corrected chi connectivity index (χ0v) is 26.6. The van der Waals surface area contributed by atoms with Crippen molar-refractivity contribution in [2.45, 2.75) is 44.7 Å². The van der Waals surface area contributed by atoms with Crippen molar-refractivity contribution >= 4 is 73.9 Å². The van der Waals surface area contributed by atoms with E-state index in [1.165, 1.54) is 35.2 Å². The lowest BCUT2D eigenvalue weighted by atomic mass is 10.1. The second kappa shape index (κ2) is 14.6. The normalized spacial score (nSPS) is 12.2. The maximum absolute atomic E-state index is 14.1. The van der Waals surface area contributed by atoms with Crippen LogP contribution in [0.5, 0.6) is 0 Å². The van der Waals surface area contributed by atoms with Crippen molar-refractivity contribution in [1.29, 1.82) is 0 Å². The van der Waals surface area contributed by atoms with Crippen LogP contribution >= 0.6 is 46.4 Å². The lowest BCUT2D eigenvalue weighted by molar-refractivity contribution is -0.140. The van der Waals surface area contributed by atoms with Gasteiger partial charge in [0.15, 0.2) is 0 Å². The zero-order valence-electron chi connectivity index (χ0n) is 22.8. The number of sulfonamides is 1. The number of halogens is 4. The Labute approximate surface area is 261 Å². The van der Waals surface area contributed by atoms with E-state index in [0.717, 1.165) is 4.31 Å². The molecule has 0 spiro atoms. The van der Waals surface area contributed by atoms with Gasteiger partial charge in [0, 0.05) is 33.2 Å². The predicted octanol–water partition coefficient (Wildman–Crippen LogP) is 7.08. The highest BCUT2D eigenvalue weighted by molar-refractivity contribution is 7.92. The number of hydrogen-bond acceptors (Lipinski definition) is 4. The Balaban J connectivity index is 2.07. The molecule has 7 nitrogen and oxygen atoms in total. The first kappa shape index (κ1) is 33.0. The van der Waals surface area contributed by atoms with Gasteiger partial charge >= 0.3 is 0 Å². The first-order valence-electron chi connectivity index (χ1n) is 12.9. The van der Waals surface area contributed by atoms with Gasteiger partial charge in [-0.25, -0.2) is 8.42 Å². The number of rotatable bonds is 12. The maximum Gasteiger partial charge on any atom is 0.264 e. The van der Waals surface area contributed by atoms with E-state index in [4.69, 9.17) is 46.4 Å². The molecule has 1 N–H and O–H groups in total. The molecule has 0 saturated carbocycles. The van der Waals surface area contributed by atoms with Crippen LogP contribution < -0.4 is 9.62 Å². The van der Waals surface area contributed by atoms with E-state index in [9.17, 15) is 18.0 Å². The topological polar surface area (TPSA) is 86.8 Å². The summed E-state index contributed by atoms with van der Waals surface area (Å²) in [5.74, 6) is -0.774. The summed E-state index contributed by atoms with van der Waals surface area (Å²) >= 11 is 24.7. The Kier molecular flexibility index (Phi) is 11.8. The molecule has 0 aliphatic rings. The smallest absolute Gasteiger partial charge is 0.264 e. The number of nitrogens with zero attached hydrogens (tertiary/aromatic N) is 2. The second-order valence-corrected chi connectivity index (χ2v) is 13.3. The summed E-state index contributed by atoms with van der Waals surface area (Å²) in [4.78, 5) is 28.7. The third kappa shape index (κ3) is 8.75. The molecular formula is C29H31Cl4N3O4S. The quantitative estimate of drug-likeness (QED) is 0.225. The number of nitrogens with one attached hydrogen (secondary N) is 1. The van der Waals surface area contributed by atoms with Gasteiger partial charge < -0.3 is 10.2 Å². The van der Waals surface area contributed by atoms with Gasteiger partial charge in [0.25, 0.3) is 10.0 Å². The van der Waals surface area contributed by atoms with Gasteiger partial charge in [-0.05, 0) is 72.5 Å². The summed E-state index contributed by atoms with van der Waals surface area (Å²) in [6.45, 7) is 5.46. The minimum atomic E-state index is -4.25. The molecule has 0 aliphatic carbocycles. The molecule has 1 atom stereocenters. The molecule has 0 radical (unpaired) electrons. The average molecular weight is 659 g/mol. The van der Waals surface area contributed by atoms with Gasteiger partial charge in [-0.15, -0.1) is 0 Å². The summed E-state index contributed by atoms with van der Waals surface area (Å²) in [5.41, 5.74) is 0.733. The highest BCUT2D eigenvalue weighted by Gasteiger charge is 2.34. The molecule has 0 aliphatic heterocycles. The van der Waals surface area contributed by atoms with Crippen LogP contribution in [0.4, 0.5) is 5.69 Å². The fourth-order valence-electron chi connectivity index (χ4n) is 4.07. The van der Waals surface area contributed by atoms with Crippen LogP contribution in [-0.2, 0) is 26.2 Å². The van der Waals surface area contributed by atoms with Crippen LogP contribution in [0.3, 0.4) is 0 Å². The first-order valence-corrected chi connectivity index (χ1v) is 15.8. The lowest BCUT2D eigenvalue weighted by Crippen LogP contribution is -2.52.